The zero-order chi connectivity index (χ0) is 22.2. The maximum absolute atomic E-state index is 13.7. The Morgan fingerprint density at radius 1 is 1.32 bits per heavy atom. The second-order valence-electron chi connectivity index (χ2n) is 8.12. The van der Waals surface area contributed by atoms with Crippen LogP contribution in [0.3, 0.4) is 0 Å². The van der Waals surface area contributed by atoms with E-state index >= 15 is 0 Å². The standard InChI is InChI=1S/C21H24F4N4O2/c1-13-9-19-26-16(10-18(21(23,24)25)29(19)27-13)14-5-4-8-28(11-14)20(30)12-31-17-7-3-2-6-15(17)22/h2-3,6-7,9,14,16,18,26H,4-5,8,10-12H2,1H3/t14?,16-,18+/m0/s1. The normalized spacial score (nSPS) is 23.8. The number of carbonyl (C=O) groups is 1. The quantitative estimate of drug-likeness (QED) is 0.732. The molecule has 1 unspecified atom stereocenters. The molecule has 1 amide bonds. The second-order valence-corrected chi connectivity index (χ2v) is 8.12. The first-order chi connectivity index (χ1) is 14.7. The number of ether oxygens (including phenoxy) is 1. The number of nitrogens with zero attached hydrogens (tertiary/aromatic N) is 3. The zero-order valence-corrected chi connectivity index (χ0v) is 17.0. The van der Waals surface area contributed by atoms with Gasteiger partial charge in [-0.15, -0.1) is 0 Å². The van der Waals surface area contributed by atoms with E-state index in [9.17, 15) is 22.4 Å². The van der Waals surface area contributed by atoms with Gasteiger partial charge >= 0.3 is 6.18 Å². The van der Waals surface area contributed by atoms with Crippen molar-refractivity contribution < 1.29 is 27.1 Å². The fourth-order valence-corrected chi connectivity index (χ4v) is 4.39. The van der Waals surface area contributed by atoms with Crippen LogP contribution in [0.1, 0.15) is 31.0 Å². The molecule has 0 saturated carbocycles. The first-order valence-electron chi connectivity index (χ1n) is 10.3. The smallest absolute Gasteiger partial charge is 0.410 e. The van der Waals surface area contributed by atoms with Gasteiger partial charge in [0, 0.05) is 25.2 Å². The molecule has 10 heteroatoms. The molecule has 3 heterocycles. The molecule has 2 aliphatic rings. The third-order valence-electron chi connectivity index (χ3n) is 5.91. The lowest BCUT2D eigenvalue weighted by Crippen LogP contribution is -2.50. The van der Waals surface area contributed by atoms with Gasteiger partial charge in [-0.3, -0.25) is 4.79 Å². The number of piperidine rings is 1. The number of hydrogen-bond donors (Lipinski definition) is 1. The summed E-state index contributed by atoms with van der Waals surface area (Å²) in [5, 5.41) is 7.20. The van der Waals surface area contributed by atoms with Crippen molar-refractivity contribution >= 4 is 11.7 Å². The van der Waals surface area contributed by atoms with Crippen LogP contribution >= 0.6 is 0 Å². The number of fused-ring (bicyclic) bond motifs is 1. The van der Waals surface area contributed by atoms with Gasteiger partial charge in [0.2, 0.25) is 0 Å². The number of para-hydroxylation sites is 1. The molecule has 0 bridgehead atoms. The molecule has 1 aromatic carbocycles. The predicted molar refractivity (Wildman–Crippen MR) is 105 cm³/mol. The average molecular weight is 440 g/mol. The zero-order valence-electron chi connectivity index (χ0n) is 17.0. The number of nitrogens with one attached hydrogen (secondary N) is 1. The number of benzene rings is 1. The highest BCUT2D eigenvalue weighted by Gasteiger charge is 2.47. The number of amides is 1. The molecule has 1 fully saturated rings. The van der Waals surface area contributed by atoms with Crippen molar-refractivity contribution in [3.8, 4) is 5.75 Å². The number of aryl methyl sites for hydroxylation is 1. The van der Waals surface area contributed by atoms with Gasteiger partial charge in [-0.1, -0.05) is 12.1 Å². The van der Waals surface area contributed by atoms with E-state index < -0.39 is 24.1 Å². The fraction of sp³-hybridized carbons (Fsp3) is 0.524. The Kier molecular flexibility index (Phi) is 5.81. The summed E-state index contributed by atoms with van der Waals surface area (Å²) in [5.41, 5.74) is 0.517. The number of anilines is 1. The Bertz CT molecular complexity index is 946. The van der Waals surface area contributed by atoms with Crippen LogP contribution in [0.15, 0.2) is 30.3 Å². The van der Waals surface area contributed by atoms with Crippen LogP contribution in [0.4, 0.5) is 23.4 Å². The Balaban J connectivity index is 1.42. The SMILES string of the molecule is Cc1cc2n(n1)[C@@H](C(F)(F)F)C[C@@H](C1CCCN(C(=O)COc3ccccc3F)C1)N2. The second kappa shape index (κ2) is 8.39. The molecule has 0 spiro atoms. The lowest BCUT2D eigenvalue weighted by atomic mass is 9.85. The molecule has 168 valence electrons. The van der Waals surface area contributed by atoms with E-state index in [1.165, 1.54) is 18.2 Å². The van der Waals surface area contributed by atoms with Crippen molar-refractivity contribution in [2.45, 2.75) is 44.4 Å². The van der Waals surface area contributed by atoms with Crippen molar-refractivity contribution in [2.75, 3.05) is 25.0 Å². The van der Waals surface area contributed by atoms with Gasteiger partial charge in [0.15, 0.2) is 24.2 Å². The van der Waals surface area contributed by atoms with Crippen molar-refractivity contribution in [3.63, 3.8) is 0 Å². The number of hydrogen-bond acceptors (Lipinski definition) is 4. The summed E-state index contributed by atoms with van der Waals surface area (Å²) >= 11 is 0. The molecular formula is C21H24F4N4O2. The third kappa shape index (κ3) is 4.62. The summed E-state index contributed by atoms with van der Waals surface area (Å²) in [6.07, 6.45) is -3.15. The van der Waals surface area contributed by atoms with Crippen LogP contribution in [-0.4, -0.2) is 52.5 Å². The number of rotatable bonds is 4. The van der Waals surface area contributed by atoms with Gasteiger partial charge in [-0.25, -0.2) is 9.07 Å². The Morgan fingerprint density at radius 3 is 2.84 bits per heavy atom. The highest BCUT2D eigenvalue weighted by Crippen LogP contribution is 2.41. The van der Waals surface area contributed by atoms with Crippen LogP contribution in [0.5, 0.6) is 5.75 Å². The van der Waals surface area contributed by atoms with E-state index in [0.29, 0.717) is 37.4 Å². The van der Waals surface area contributed by atoms with E-state index in [1.54, 1.807) is 24.0 Å². The molecule has 2 aliphatic heterocycles. The average Bonchev–Trinajstić information content (AvgIpc) is 3.11. The molecule has 2 aromatic rings. The summed E-state index contributed by atoms with van der Waals surface area (Å²) in [5.74, 6) is -0.655. The minimum Gasteiger partial charge on any atom is -0.481 e. The van der Waals surface area contributed by atoms with Gasteiger partial charge < -0.3 is 15.0 Å². The lowest BCUT2D eigenvalue weighted by molar-refractivity contribution is -0.175. The van der Waals surface area contributed by atoms with Gasteiger partial charge in [0.05, 0.1) is 5.69 Å². The summed E-state index contributed by atoms with van der Waals surface area (Å²) in [6.45, 7) is 2.17. The van der Waals surface area contributed by atoms with Crippen LogP contribution in [0, 0.1) is 18.7 Å². The molecule has 1 N–H and O–H groups in total. The first kappa shape index (κ1) is 21.5. The van der Waals surface area contributed by atoms with E-state index in [0.717, 1.165) is 4.68 Å². The maximum Gasteiger partial charge on any atom is 0.410 e. The van der Waals surface area contributed by atoms with Crippen LogP contribution in [0.25, 0.3) is 0 Å². The van der Waals surface area contributed by atoms with Crippen LogP contribution in [0.2, 0.25) is 0 Å². The van der Waals surface area contributed by atoms with Crippen molar-refractivity contribution in [3.05, 3.63) is 41.8 Å². The molecule has 0 aliphatic carbocycles. The van der Waals surface area contributed by atoms with Crippen LogP contribution < -0.4 is 10.1 Å². The van der Waals surface area contributed by atoms with Crippen molar-refractivity contribution in [1.29, 1.82) is 0 Å². The highest BCUT2D eigenvalue weighted by atomic mass is 19.4. The molecule has 1 aromatic heterocycles. The largest absolute Gasteiger partial charge is 0.481 e. The van der Waals surface area contributed by atoms with Gasteiger partial charge in [-0.05, 0) is 44.2 Å². The van der Waals surface area contributed by atoms with E-state index in [4.69, 9.17) is 4.74 Å². The number of likely N-dealkylation sites (tertiary alicyclic amines) is 1. The number of aromatic nitrogens is 2. The molecule has 31 heavy (non-hydrogen) atoms. The molecule has 6 nitrogen and oxygen atoms in total. The van der Waals surface area contributed by atoms with E-state index in [1.807, 2.05) is 0 Å². The maximum atomic E-state index is 13.7. The van der Waals surface area contributed by atoms with Gasteiger partial charge in [-0.2, -0.15) is 18.3 Å². The monoisotopic (exact) mass is 440 g/mol. The summed E-state index contributed by atoms with van der Waals surface area (Å²) < 4.78 is 61.0. The Morgan fingerprint density at radius 2 is 2.10 bits per heavy atom. The van der Waals surface area contributed by atoms with Crippen molar-refractivity contribution in [1.82, 2.24) is 14.7 Å². The fourth-order valence-electron chi connectivity index (χ4n) is 4.39. The van der Waals surface area contributed by atoms with E-state index in [2.05, 4.69) is 10.4 Å². The molecule has 0 radical (unpaired) electrons. The van der Waals surface area contributed by atoms with Crippen molar-refractivity contribution in [2.24, 2.45) is 5.92 Å². The molecule has 4 rings (SSSR count). The predicted octanol–water partition coefficient (Wildman–Crippen LogP) is 3.94. The summed E-state index contributed by atoms with van der Waals surface area (Å²) in [4.78, 5) is 14.2. The first-order valence-corrected chi connectivity index (χ1v) is 10.3. The van der Waals surface area contributed by atoms with Gasteiger partial charge in [0.25, 0.3) is 5.91 Å². The Hall–Kier alpha value is -2.78. The molecular weight excluding hydrogens is 416 g/mol. The highest BCUT2D eigenvalue weighted by molar-refractivity contribution is 5.77. The molecule has 3 atom stereocenters. The summed E-state index contributed by atoms with van der Waals surface area (Å²) in [6, 6.07) is 5.30. The van der Waals surface area contributed by atoms with Crippen LogP contribution in [-0.2, 0) is 4.79 Å². The van der Waals surface area contributed by atoms with E-state index in [-0.39, 0.29) is 30.6 Å². The topological polar surface area (TPSA) is 59.4 Å². The number of halogens is 4. The molecule has 1 saturated heterocycles. The summed E-state index contributed by atoms with van der Waals surface area (Å²) in [7, 11) is 0. The minimum absolute atomic E-state index is 0.00462. The van der Waals surface area contributed by atoms with Gasteiger partial charge in [0.1, 0.15) is 5.82 Å². The third-order valence-corrected chi connectivity index (χ3v) is 5.91. The number of alkyl halides is 3. The Labute approximate surface area is 177 Å². The minimum atomic E-state index is -4.41. The lowest BCUT2D eigenvalue weighted by Gasteiger charge is -2.41. The number of carbonyl (C=O) groups excluding carboxylic acids is 1.